The molecule has 286 valence electrons. The second-order valence-electron chi connectivity index (χ2n) is 12.6. The molecule has 2 heterocycles. The fraction of sp³-hybridized carbons (Fsp3) is 0.324. The first-order valence-corrected chi connectivity index (χ1v) is 16.7. The maximum atomic E-state index is 13.7. The molecule has 3 aromatic carbocycles. The summed E-state index contributed by atoms with van der Waals surface area (Å²) in [6.07, 6.45) is -0.640. The maximum Gasteiger partial charge on any atom is 0.490 e. The lowest BCUT2D eigenvalue weighted by Crippen LogP contribution is -2.39. The summed E-state index contributed by atoms with van der Waals surface area (Å²) < 4.78 is 36.8. The Morgan fingerprint density at radius 3 is 2.22 bits per heavy atom. The van der Waals surface area contributed by atoms with E-state index < -0.39 is 29.2 Å². The first kappa shape index (κ1) is 40.7. The van der Waals surface area contributed by atoms with Crippen LogP contribution in [0.25, 0.3) is 11.1 Å². The number of anilines is 2. The Balaban J connectivity index is 0.000000845. The SMILES string of the molecule is COC(=O)[C@]1(Cc2ccc(N3C(=O)CNC(=O)c4cc(CCCCCNC(=N)N)ccc43)c(-c3ccccc3)c2)NC1(C=O)CC=O.O=C(O)C(F)(F)F. The standard InChI is InChI=1S/C35H38N6O6.C2HF3O2/c1-47-32(46)35(34(22-43,40-35)15-17-42)20-24-12-14-28(26(19-24)25-9-5-2-6-10-25)41-29-13-11-23(8-4-3-7-16-38-33(36)37)18-27(29)31(45)39-21-30(41)44;3-2(4,5)1(6)7/h2,5-6,9-14,17-19,22,40H,3-4,7-8,15-16,20-21H2,1H3,(H,39,45)(H4,36,37,38);(H,6,7)/t34?,35-;/m0./s1. The van der Waals surface area contributed by atoms with E-state index in [2.05, 4.69) is 16.0 Å². The molecular weight excluding hydrogens is 713 g/mol. The summed E-state index contributed by atoms with van der Waals surface area (Å²) >= 11 is 0. The Morgan fingerprint density at radius 2 is 1.63 bits per heavy atom. The van der Waals surface area contributed by atoms with Crippen LogP contribution in [0.2, 0.25) is 0 Å². The van der Waals surface area contributed by atoms with Crippen molar-refractivity contribution >= 4 is 53.7 Å². The summed E-state index contributed by atoms with van der Waals surface area (Å²) in [5, 5.41) is 22.9. The van der Waals surface area contributed by atoms with Crippen molar-refractivity contribution in [1.82, 2.24) is 16.0 Å². The first-order valence-electron chi connectivity index (χ1n) is 16.7. The van der Waals surface area contributed by atoms with Crippen molar-refractivity contribution in [2.45, 2.75) is 55.8 Å². The summed E-state index contributed by atoms with van der Waals surface area (Å²) in [4.78, 5) is 73.8. The summed E-state index contributed by atoms with van der Waals surface area (Å²) in [5.74, 6) is -4.13. The molecule has 1 unspecified atom stereocenters. The number of hydrogen-bond donors (Lipinski definition) is 6. The molecule has 0 aromatic heterocycles. The number of carbonyl (C=O) groups is 6. The fourth-order valence-electron chi connectivity index (χ4n) is 6.31. The molecule has 17 heteroatoms. The number of guanidine groups is 1. The van der Waals surface area contributed by atoms with E-state index in [0.29, 0.717) is 47.2 Å². The molecule has 1 saturated heterocycles. The minimum absolute atomic E-state index is 0.0505. The Kier molecular flexibility index (Phi) is 12.9. The lowest BCUT2D eigenvalue weighted by Gasteiger charge is -2.26. The Hall–Kier alpha value is -6.10. The van der Waals surface area contributed by atoms with Gasteiger partial charge in [0.15, 0.2) is 5.96 Å². The number of carbonyl (C=O) groups excluding carboxylic acids is 5. The van der Waals surface area contributed by atoms with Crippen LogP contribution in [-0.4, -0.2) is 84.8 Å². The van der Waals surface area contributed by atoms with Crippen LogP contribution in [0.3, 0.4) is 0 Å². The van der Waals surface area contributed by atoms with Gasteiger partial charge in [-0.1, -0.05) is 48.9 Å². The molecular formula is C37H39F3N6O8. The van der Waals surface area contributed by atoms with Crippen molar-refractivity contribution < 1.29 is 51.8 Å². The number of hydrogen-bond acceptors (Lipinski definition) is 9. The number of aldehydes is 2. The van der Waals surface area contributed by atoms with Crippen LogP contribution in [-0.2, 0) is 41.6 Å². The molecule has 0 aliphatic carbocycles. The van der Waals surface area contributed by atoms with Gasteiger partial charge >= 0.3 is 18.1 Å². The number of aryl methyl sites for hydroxylation is 1. The van der Waals surface area contributed by atoms with Crippen LogP contribution >= 0.6 is 0 Å². The average molecular weight is 753 g/mol. The molecule has 2 atom stereocenters. The molecule has 2 amide bonds. The number of halogens is 3. The number of carboxylic acids is 1. The fourth-order valence-corrected chi connectivity index (χ4v) is 6.31. The molecule has 0 saturated carbocycles. The third kappa shape index (κ3) is 9.09. The quantitative estimate of drug-likeness (QED) is 0.0350. The number of carboxylic acid groups (broad SMARTS) is 1. The average Bonchev–Trinajstić information content (AvgIpc) is 3.82. The number of ether oxygens (including phenoxy) is 1. The zero-order valence-electron chi connectivity index (χ0n) is 29.1. The molecule has 14 nitrogen and oxygen atoms in total. The van der Waals surface area contributed by atoms with Crippen LogP contribution in [0.15, 0.2) is 66.7 Å². The van der Waals surface area contributed by atoms with E-state index in [1.165, 1.54) is 7.11 Å². The number of nitrogens with one attached hydrogen (secondary N) is 4. The van der Waals surface area contributed by atoms with E-state index >= 15 is 0 Å². The molecule has 54 heavy (non-hydrogen) atoms. The lowest BCUT2D eigenvalue weighted by molar-refractivity contribution is -0.192. The van der Waals surface area contributed by atoms with Crippen molar-refractivity contribution in [1.29, 1.82) is 5.41 Å². The highest BCUT2D eigenvalue weighted by atomic mass is 19.4. The number of nitrogens with two attached hydrogens (primary N) is 1. The van der Waals surface area contributed by atoms with Crippen LogP contribution < -0.4 is 26.6 Å². The van der Waals surface area contributed by atoms with Crippen LogP contribution in [0.4, 0.5) is 24.5 Å². The molecule has 0 bridgehead atoms. The number of amides is 2. The van der Waals surface area contributed by atoms with Gasteiger partial charge in [-0.25, -0.2) is 9.59 Å². The monoisotopic (exact) mass is 752 g/mol. The number of benzene rings is 3. The molecule has 0 radical (unpaired) electrons. The third-order valence-corrected chi connectivity index (χ3v) is 9.03. The molecule has 7 N–H and O–H groups in total. The van der Waals surface area contributed by atoms with Gasteiger partial charge < -0.3 is 35.8 Å². The highest BCUT2D eigenvalue weighted by Crippen LogP contribution is 2.45. The number of alkyl halides is 3. The van der Waals surface area contributed by atoms with E-state index in [1.54, 1.807) is 23.1 Å². The molecule has 3 aromatic rings. The van der Waals surface area contributed by atoms with E-state index in [9.17, 15) is 37.1 Å². The van der Waals surface area contributed by atoms with Gasteiger partial charge in [-0.2, -0.15) is 13.2 Å². The van der Waals surface area contributed by atoms with Gasteiger partial charge in [0.2, 0.25) is 0 Å². The van der Waals surface area contributed by atoms with Gasteiger partial charge in [-0.3, -0.25) is 25.2 Å². The second-order valence-corrected chi connectivity index (χ2v) is 12.6. The minimum atomic E-state index is -5.08. The number of esters is 1. The van der Waals surface area contributed by atoms with Gasteiger partial charge in [0.1, 0.15) is 23.7 Å². The van der Waals surface area contributed by atoms with Crippen molar-refractivity contribution in [3.05, 3.63) is 83.4 Å². The summed E-state index contributed by atoms with van der Waals surface area (Å²) in [7, 11) is 1.23. The van der Waals surface area contributed by atoms with Gasteiger partial charge in [-0.15, -0.1) is 0 Å². The van der Waals surface area contributed by atoms with Crippen molar-refractivity contribution in [2.75, 3.05) is 25.1 Å². The minimum Gasteiger partial charge on any atom is -0.475 e. The predicted molar refractivity (Wildman–Crippen MR) is 190 cm³/mol. The predicted octanol–water partition coefficient (Wildman–Crippen LogP) is 3.18. The normalized spacial score (nSPS) is 18.9. The number of aliphatic carboxylic acids is 1. The summed E-state index contributed by atoms with van der Waals surface area (Å²) in [6, 6.07) is 20.4. The summed E-state index contributed by atoms with van der Waals surface area (Å²) in [5.41, 5.74) is 7.02. The summed E-state index contributed by atoms with van der Waals surface area (Å²) in [6.45, 7) is 0.420. The van der Waals surface area contributed by atoms with E-state index in [4.69, 9.17) is 25.8 Å². The number of rotatable bonds is 14. The van der Waals surface area contributed by atoms with Crippen molar-refractivity contribution in [3.63, 3.8) is 0 Å². The van der Waals surface area contributed by atoms with Crippen LogP contribution in [0, 0.1) is 5.41 Å². The van der Waals surface area contributed by atoms with E-state index in [0.717, 1.165) is 36.8 Å². The largest absolute Gasteiger partial charge is 0.490 e. The topological polar surface area (TPSA) is 231 Å². The number of unbranched alkanes of at least 4 members (excludes halogenated alkanes) is 2. The van der Waals surface area contributed by atoms with Gasteiger partial charge in [0.25, 0.3) is 11.8 Å². The van der Waals surface area contributed by atoms with Gasteiger partial charge in [0, 0.05) is 24.9 Å². The molecule has 5 rings (SSSR count). The molecule has 2 aliphatic rings. The van der Waals surface area contributed by atoms with E-state index in [-0.39, 0.29) is 37.2 Å². The first-order chi connectivity index (χ1) is 25.6. The smallest absolute Gasteiger partial charge is 0.475 e. The van der Waals surface area contributed by atoms with Crippen LogP contribution in [0.5, 0.6) is 0 Å². The third-order valence-electron chi connectivity index (χ3n) is 9.03. The maximum absolute atomic E-state index is 13.7. The Labute approximate surface area is 307 Å². The zero-order valence-corrected chi connectivity index (χ0v) is 29.1. The molecule has 2 aliphatic heterocycles. The highest BCUT2D eigenvalue weighted by molar-refractivity contribution is 6.14. The highest BCUT2D eigenvalue weighted by Gasteiger charge is 2.72. The van der Waals surface area contributed by atoms with Gasteiger partial charge in [-0.05, 0) is 60.2 Å². The number of nitrogens with zero attached hydrogens (tertiary/aromatic N) is 1. The zero-order chi connectivity index (χ0) is 39.7. The van der Waals surface area contributed by atoms with Gasteiger partial charge in [0.05, 0.1) is 30.6 Å². The van der Waals surface area contributed by atoms with E-state index in [1.807, 2.05) is 48.5 Å². The second kappa shape index (κ2) is 17.2. The lowest BCUT2D eigenvalue weighted by atomic mass is 9.85. The molecule has 0 spiro atoms. The molecule has 1 fully saturated rings. The van der Waals surface area contributed by atoms with Crippen molar-refractivity contribution in [2.24, 2.45) is 5.73 Å². The number of methoxy groups -OCH3 is 1. The van der Waals surface area contributed by atoms with Crippen LogP contribution in [0.1, 0.15) is 47.2 Å². The Morgan fingerprint density at radius 1 is 1.00 bits per heavy atom. The Bertz CT molecular complexity index is 1930. The van der Waals surface area contributed by atoms with Crippen molar-refractivity contribution in [3.8, 4) is 11.1 Å². The number of fused-ring (bicyclic) bond motifs is 1.